The van der Waals surface area contributed by atoms with Gasteiger partial charge in [0.25, 0.3) is 0 Å². The predicted molar refractivity (Wildman–Crippen MR) is 48.3 cm³/mol. The van der Waals surface area contributed by atoms with Crippen LogP contribution in [0.3, 0.4) is 0 Å². The molecule has 2 rings (SSSR count). The third kappa shape index (κ3) is 0.962. The second kappa shape index (κ2) is 2.51. The van der Waals surface area contributed by atoms with Crippen LogP contribution in [0.25, 0.3) is 0 Å². The lowest BCUT2D eigenvalue weighted by atomic mass is 9.92. The quantitative estimate of drug-likeness (QED) is 0.535. The maximum atomic E-state index is 2.44. The van der Waals surface area contributed by atoms with Crippen LogP contribution in [0.15, 0.2) is 23.3 Å². The van der Waals surface area contributed by atoms with Crippen molar-refractivity contribution in [3.05, 3.63) is 23.3 Å². The second-order valence-corrected chi connectivity index (χ2v) is 3.82. The Labute approximate surface area is 69.0 Å². The number of hydrogen-bond acceptors (Lipinski definition) is 0. The molecular formula is C11H16. The fraction of sp³-hybridized carbons (Fsp3) is 0.636. The van der Waals surface area contributed by atoms with E-state index in [0.29, 0.717) is 0 Å². The third-order valence-corrected chi connectivity index (χ3v) is 3.04. The van der Waals surface area contributed by atoms with Crippen molar-refractivity contribution in [1.29, 1.82) is 0 Å². The molecule has 0 aromatic rings. The van der Waals surface area contributed by atoms with Gasteiger partial charge in [-0.2, -0.15) is 0 Å². The molecule has 0 nitrogen and oxygen atoms in total. The summed E-state index contributed by atoms with van der Waals surface area (Å²) < 4.78 is 0. The molecular weight excluding hydrogens is 132 g/mol. The van der Waals surface area contributed by atoms with E-state index in [9.17, 15) is 0 Å². The minimum Gasteiger partial charge on any atom is -0.0810 e. The molecule has 1 saturated carbocycles. The topological polar surface area (TPSA) is 0 Å². The minimum absolute atomic E-state index is 0.893. The SMILES string of the molecule is CCC=C1C2=CCC1C(C)C2. The highest BCUT2D eigenvalue weighted by molar-refractivity contribution is 5.43. The van der Waals surface area contributed by atoms with Gasteiger partial charge in [0.15, 0.2) is 0 Å². The lowest BCUT2D eigenvalue weighted by Crippen LogP contribution is -2.03. The summed E-state index contributed by atoms with van der Waals surface area (Å²) in [5, 5.41) is 0. The molecule has 0 aliphatic heterocycles. The lowest BCUT2D eigenvalue weighted by molar-refractivity contribution is 0.458. The van der Waals surface area contributed by atoms with Crippen LogP contribution in [-0.4, -0.2) is 0 Å². The molecule has 0 heterocycles. The van der Waals surface area contributed by atoms with Crippen molar-refractivity contribution in [3.8, 4) is 0 Å². The first-order valence-electron chi connectivity index (χ1n) is 4.72. The van der Waals surface area contributed by atoms with Gasteiger partial charge in [0.05, 0.1) is 0 Å². The number of allylic oxidation sites excluding steroid dienone is 4. The van der Waals surface area contributed by atoms with Gasteiger partial charge >= 0.3 is 0 Å². The van der Waals surface area contributed by atoms with Crippen molar-refractivity contribution < 1.29 is 0 Å². The number of hydrogen-bond donors (Lipinski definition) is 0. The smallest absolute Gasteiger partial charge is 0.00988 e. The first-order valence-corrected chi connectivity index (χ1v) is 4.72. The summed E-state index contributed by atoms with van der Waals surface area (Å²) in [6, 6.07) is 0. The molecule has 11 heavy (non-hydrogen) atoms. The van der Waals surface area contributed by atoms with Crippen molar-refractivity contribution in [2.75, 3.05) is 0 Å². The molecule has 0 radical (unpaired) electrons. The largest absolute Gasteiger partial charge is 0.0810 e. The first-order chi connectivity index (χ1) is 5.33. The fourth-order valence-electron chi connectivity index (χ4n) is 2.48. The van der Waals surface area contributed by atoms with Gasteiger partial charge in [0.2, 0.25) is 0 Å². The van der Waals surface area contributed by atoms with Gasteiger partial charge in [-0.3, -0.25) is 0 Å². The number of fused-ring (bicyclic) bond motifs is 2. The van der Waals surface area contributed by atoms with Crippen LogP contribution >= 0.6 is 0 Å². The molecule has 2 aliphatic carbocycles. The van der Waals surface area contributed by atoms with E-state index in [1.807, 2.05) is 0 Å². The van der Waals surface area contributed by atoms with E-state index >= 15 is 0 Å². The monoisotopic (exact) mass is 148 g/mol. The van der Waals surface area contributed by atoms with Crippen molar-refractivity contribution in [3.63, 3.8) is 0 Å². The molecule has 0 saturated heterocycles. The Morgan fingerprint density at radius 3 is 2.91 bits per heavy atom. The maximum absolute atomic E-state index is 2.44. The maximum Gasteiger partial charge on any atom is -0.00988 e. The first kappa shape index (κ1) is 7.15. The molecule has 0 spiro atoms. The van der Waals surface area contributed by atoms with E-state index in [0.717, 1.165) is 11.8 Å². The van der Waals surface area contributed by atoms with Gasteiger partial charge in [-0.1, -0.05) is 26.0 Å². The minimum atomic E-state index is 0.893. The molecule has 0 amide bonds. The molecule has 2 bridgehead atoms. The Morgan fingerprint density at radius 2 is 2.45 bits per heavy atom. The highest BCUT2D eigenvalue weighted by Gasteiger charge is 2.34. The summed E-state index contributed by atoms with van der Waals surface area (Å²) in [7, 11) is 0. The van der Waals surface area contributed by atoms with Crippen LogP contribution in [-0.2, 0) is 0 Å². The average molecular weight is 148 g/mol. The molecule has 0 N–H and O–H groups in total. The normalized spacial score (nSPS) is 38.4. The van der Waals surface area contributed by atoms with E-state index in [1.54, 1.807) is 11.1 Å². The van der Waals surface area contributed by atoms with E-state index < -0.39 is 0 Å². The Balaban J connectivity index is 2.27. The van der Waals surface area contributed by atoms with Crippen LogP contribution in [0.1, 0.15) is 33.1 Å². The standard InChI is InChI=1S/C11H16/c1-3-4-11-9-5-6-10(11)8(2)7-9/h4-5,8,10H,3,6-7H2,1-2H3. The van der Waals surface area contributed by atoms with Crippen LogP contribution in [0.5, 0.6) is 0 Å². The fourth-order valence-corrected chi connectivity index (χ4v) is 2.48. The molecule has 0 aromatic carbocycles. The zero-order valence-electron chi connectivity index (χ0n) is 7.43. The molecule has 2 aliphatic rings. The van der Waals surface area contributed by atoms with Gasteiger partial charge in [-0.25, -0.2) is 0 Å². The van der Waals surface area contributed by atoms with Crippen molar-refractivity contribution in [2.24, 2.45) is 11.8 Å². The molecule has 2 atom stereocenters. The Morgan fingerprint density at radius 1 is 1.64 bits per heavy atom. The van der Waals surface area contributed by atoms with Crippen LogP contribution < -0.4 is 0 Å². The summed E-state index contributed by atoms with van der Waals surface area (Å²) >= 11 is 0. The van der Waals surface area contributed by atoms with Gasteiger partial charge in [-0.15, -0.1) is 0 Å². The van der Waals surface area contributed by atoms with Gasteiger partial charge in [-0.05, 0) is 42.2 Å². The summed E-state index contributed by atoms with van der Waals surface area (Å²) in [6.45, 7) is 4.62. The van der Waals surface area contributed by atoms with Gasteiger partial charge < -0.3 is 0 Å². The highest BCUT2D eigenvalue weighted by Crippen LogP contribution is 2.48. The van der Waals surface area contributed by atoms with Crippen LogP contribution in [0.4, 0.5) is 0 Å². The van der Waals surface area contributed by atoms with Crippen LogP contribution in [0, 0.1) is 11.8 Å². The Kier molecular flexibility index (Phi) is 1.63. The summed E-state index contributed by atoms with van der Waals surface area (Å²) in [6.07, 6.45) is 8.73. The van der Waals surface area contributed by atoms with E-state index in [2.05, 4.69) is 26.0 Å². The molecule has 2 unspecified atom stereocenters. The molecule has 0 heteroatoms. The van der Waals surface area contributed by atoms with E-state index in [1.165, 1.54) is 19.3 Å². The van der Waals surface area contributed by atoms with Gasteiger partial charge in [0.1, 0.15) is 0 Å². The molecule has 1 fully saturated rings. The Hall–Kier alpha value is -0.520. The zero-order valence-corrected chi connectivity index (χ0v) is 7.43. The van der Waals surface area contributed by atoms with Crippen LogP contribution in [0.2, 0.25) is 0 Å². The van der Waals surface area contributed by atoms with Crippen molar-refractivity contribution in [2.45, 2.75) is 33.1 Å². The lowest BCUT2D eigenvalue weighted by Gasteiger charge is -2.12. The average Bonchev–Trinajstić information content (AvgIpc) is 2.46. The molecule has 60 valence electrons. The van der Waals surface area contributed by atoms with Crippen molar-refractivity contribution >= 4 is 0 Å². The number of rotatable bonds is 1. The molecule has 0 aromatic heterocycles. The highest BCUT2D eigenvalue weighted by atomic mass is 14.4. The summed E-state index contributed by atoms with van der Waals surface area (Å²) in [5.41, 5.74) is 3.34. The van der Waals surface area contributed by atoms with E-state index in [-0.39, 0.29) is 0 Å². The second-order valence-electron chi connectivity index (χ2n) is 3.82. The zero-order chi connectivity index (χ0) is 7.84. The van der Waals surface area contributed by atoms with Gasteiger partial charge in [0, 0.05) is 0 Å². The summed E-state index contributed by atoms with van der Waals surface area (Å²) in [4.78, 5) is 0. The Bertz CT molecular complexity index is 220. The summed E-state index contributed by atoms with van der Waals surface area (Å²) in [5.74, 6) is 1.82. The third-order valence-electron chi connectivity index (χ3n) is 3.04. The van der Waals surface area contributed by atoms with Crippen molar-refractivity contribution in [1.82, 2.24) is 0 Å². The predicted octanol–water partition coefficient (Wildman–Crippen LogP) is 3.31. The van der Waals surface area contributed by atoms with E-state index in [4.69, 9.17) is 0 Å².